The van der Waals surface area contributed by atoms with E-state index in [1.54, 1.807) is 24.3 Å². The molecule has 0 atom stereocenters. The summed E-state index contributed by atoms with van der Waals surface area (Å²) in [5, 5.41) is 11.0. The van der Waals surface area contributed by atoms with E-state index in [0.29, 0.717) is 12.0 Å². The second kappa shape index (κ2) is 24.8. The molecule has 3 amide bonds. The highest BCUT2D eigenvalue weighted by molar-refractivity contribution is 7.86. The van der Waals surface area contributed by atoms with Crippen molar-refractivity contribution in [3.8, 4) is 22.5 Å². The summed E-state index contributed by atoms with van der Waals surface area (Å²) < 4.78 is 99.9. The van der Waals surface area contributed by atoms with Crippen molar-refractivity contribution in [1.82, 2.24) is 15.5 Å². The molecule has 0 radical (unpaired) electrons. The number of ketones is 1. The maximum absolute atomic E-state index is 14.5. The topological polar surface area (TPSA) is 306 Å². The van der Waals surface area contributed by atoms with E-state index >= 15 is 0 Å². The Kier molecular flexibility index (Phi) is 19.2. The van der Waals surface area contributed by atoms with Gasteiger partial charge in [-0.2, -0.15) is 16.8 Å². The number of likely N-dealkylation sites (N-methyl/N-ethyl adjacent to an activating group) is 1. The van der Waals surface area contributed by atoms with Crippen LogP contribution in [-0.2, 0) is 48.8 Å². The fourth-order valence-electron chi connectivity index (χ4n) is 6.91. The second-order valence-electron chi connectivity index (χ2n) is 15.7. The number of carbonyl (C=O) groups excluding carboxylic acids is 4. The summed E-state index contributed by atoms with van der Waals surface area (Å²) in [6.07, 6.45) is 12.7. The molecule has 2 aromatic carbocycles. The number of hydrogen-bond acceptors (Lipinski definition) is 14. The number of rotatable bonds is 25. The molecule has 1 heterocycles. The zero-order valence-electron chi connectivity index (χ0n) is 38.3. The predicted octanol–water partition coefficient (Wildman–Crippen LogP) is 2.15. The molecule has 0 fully saturated rings. The lowest BCUT2D eigenvalue weighted by atomic mass is 9.89. The number of benzene rings is 3. The summed E-state index contributed by atoms with van der Waals surface area (Å²) in [6.45, 7) is 5.33. The van der Waals surface area contributed by atoms with E-state index < -0.39 is 64.2 Å². The minimum Gasteiger partial charge on any atom is -0.453 e. The van der Waals surface area contributed by atoms with Crippen LogP contribution in [0.2, 0.25) is 0 Å². The number of carbonyl (C=O) groups is 4. The number of allylic oxidation sites excluding steroid dienone is 6. The summed E-state index contributed by atoms with van der Waals surface area (Å²) >= 11 is 0. The number of anilines is 1. The molecule has 3 aliphatic rings. The van der Waals surface area contributed by atoms with Gasteiger partial charge in [0, 0.05) is 78.3 Å². The Bertz CT molecular complexity index is 2920. The first-order valence-corrected chi connectivity index (χ1v) is 24.6. The molecule has 20 nitrogen and oxygen atoms in total. The van der Waals surface area contributed by atoms with Gasteiger partial charge < -0.3 is 44.6 Å². The first kappa shape index (κ1) is 53.6. The monoisotopic (exact) mass is 994 g/mol. The van der Waals surface area contributed by atoms with E-state index in [2.05, 4.69) is 10.6 Å². The highest BCUT2D eigenvalue weighted by Gasteiger charge is 2.33. The van der Waals surface area contributed by atoms with E-state index in [1.165, 1.54) is 42.3 Å². The highest BCUT2D eigenvalue weighted by Crippen LogP contribution is 2.46. The average Bonchev–Trinajstić information content (AvgIpc) is 3.27. The molecule has 0 aromatic heterocycles. The smallest absolute Gasteiger partial charge is 0.304 e. The molecule has 5 rings (SSSR count). The molecule has 0 bridgehead atoms. The Morgan fingerprint density at radius 2 is 1.33 bits per heavy atom. The molecular weight excluding hydrogens is 939 g/mol. The molecule has 0 spiro atoms. The van der Waals surface area contributed by atoms with Crippen molar-refractivity contribution in [2.75, 3.05) is 85.3 Å². The summed E-state index contributed by atoms with van der Waals surface area (Å²) in [7, 11) is -8.86. The van der Waals surface area contributed by atoms with Crippen molar-refractivity contribution >= 4 is 60.4 Å². The van der Waals surface area contributed by atoms with Gasteiger partial charge in [-0.05, 0) is 48.0 Å². The molecule has 0 unspecified atom stereocenters. The number of nitrogen functional groups attached to an aromatic ring is 1. The minimum absolute atomic E-state index is 0.00888. The average molecular weight is 995 g/mol. The van der Waals surface area contributed by atoms with Crippen LogP contribution in [0.5, 0.6) is 0 Å². The van der Waals surface area contributed by atoms with Gasteiger partial charge in [0.05, 0.1) is 58.5 Å². The standard InChI is InChI=1S/C47H55N5O15S2/c1-30(2)39(53)17-21-63-25-26-64-23-19-51-46(55)32-11-12-33(36(29-32)47(56)52(3)20-24-66-28-27-65-22-18-50-45(54)31-9-7-5-4-6-8-10-31)40-34-13-15-37(48)43(68(57,58)59)41(34)67-42-35(40)14-16-38(49)44(42)69(60,61)62/h4-16,29-30,48H,17-28,49H2,1-3H3,(H,50,54)(H,51,55)(H,57,58,59)(H,60,61,62)/p+1/b5-4-,6-4?,7-5?,8-6-,9-7-,10-8?,31-9?,31-10+,48-37?. The van der Waals surface area contributed by atoms with E-state index in [4.69, 9.17) is 34.5 Å². The van der Waals surface area contributed by atoms with Gasteiger partial charge in [-0.25, -0.2) is 0 Å². The third-order valence-corrected chi connectivity index (χ3v) is 12.3. The molecule has 0 saturated carbocycles. The van der Waals surface area contributed by atoms with Crippen molar-refractivity contribution in [1.29, 1.82) is 0 Å². The first-order chi connectivity index (χ1) is 32.8. The Balaban J connectivity index is 1.37. The molecule has 22 heteroatoms. The fourth-order valence-corrected chi connectivity index (χ4v) is 8.42. The lowest BCUT2D eigenvalue weighted by Crippen LogP contribution is -2.47. The minimum atomic E-state index is -5.17. The van der Waals surface area contributed by atoms with Crippen molar-refractivity contribution in [3.63, 3.8) is 0 Å². The fraction of sp³-hybridized carbons (Fsp3) is 0.340. The molecule has 370 valence electrons. The van der Waals surface area contributed by atoms with Crippen LogP contribution in [0.15, 0.2) is 105 Å². The van der Waals surface area contributed by atoms with E-state index in [-0.39, 0.29) is 123 Å². The molecular formula is C47H56N5O15S2+. The maximum atomic E-state index is 14.5. The Labute approximate surface area is 399 Å². The number of ether oxygens (including phenoxy) is 4. The molecule has 1 aliphatic heterocycles. The SMILES string of the molecule is CC(C)C(=O)CCOCCOCCNC(=O)c1ccc(-c2c3ccc(=[NH2+])c(S(=O)(=O)O)c-3oc3c(S(=O)(=O)O)c(N)ccc23)c(C(=O)N(C)CCOCCOCCNC(=O)C2=C/C=C\C=C/C=C\2)c1. The number of hydrogen-bond donors (Lipinski definition) is 6. The molecule has 8 N–H and O–H groups in total. The summed E-state index contributed by atoms with van der Waals surface area (Å²) in [5.41, 5.74) is 5.26. The molecule has 69 heavy (non-hydrogen) atoms. The molecule has 0 saturated heterocycles. The van der Waals surface area contributed by atoms with Gasteiger partial charge in [-0.1, -0.05) is 50.3 Å². The quantitative estimate of drug-likeness (QED) is 0.0240. The van der Waals surface area contributed by atoms with Gasteiger partial charge in [-0.3, -0.25) is 33.7 Å². The van der Waals surface area contributed by atoms with E-state index in [9.17, 15) is 45.1 Å². The number of nitrogens with one attached hydrogen (secondary N) is 2. The molecule has 2 aromatic rings. The Morgan fingerprint density at radius 3 is 1.99 bits per heavy atom. The third-order valence-electron chi connectivity index (χ3n) is 10.4. The van der Waals surface area contributed by atoms with Crippen molar-refractivity contribution in [3.05, 3.63) is 107 Å². The summed E-state index contributed by atoms with van der Waals surface area (Å²) in [5.74, 6) is -2.14. The van der Waals surface area contributed by atoms with Crippen molar-refractivity contribution in [2.24, 2.45) is 5.92 Å². The van der Waals surface area contributed by atoms with Crippen LogP contribution in [0.3, 0.4) is 0 Å². The zero-order valence-corrected chi connectivity index (χ0v) is 39.9. The van der Waals surface area contributed by atoms with E-state index in [0.717, 1.165) is 12.1 Å². The lowest BCUT2D eigenvalue weighted by molar-refractivity contribution is -0.176. The third kappa shape index (κ3) is 14.6. The number of amides is 3. The van der Waals surface area contributed by atoms with Gasteiger partial charge in [0.1, 0.15) is 5.78 Å². The van der Waals surface area contributed by atoms with Crippen LogP contribution in [-0.4, -0.2) is 134 Å². The number of nitrogens with two attached hydrogens (primary N) is 2. The Morgan fingerprint density at radius 1 is 0.739 bits per heavy atom. The Hall–Kier alpha value is -6.37. The zero-order chi connectivity index (χ0) is 50.3. The van der Waals surface area contributed by atoms with Crippen LogP contribution in [0.4, 0.5) is 5.69 Å². The van der Waals surface area contributed by atoms with Crippen molar-refractivity contribution in [2.45, 2.75) is 30.1 Å². The van der Waals surface area contributed by atoms with Crippen LogP contribution in [0.25, 0.3) is 33.4 Å². The highest BCUT2D eigenvalue weighted by atomic mass is 32.2. The normalized spacial score (nSPS) is 15.0. The van der Waals surface area contributed by atoms with Crippen molar-refractivity contribution < 1.29 is 73.9 Å². The first-order valence-electron chi connectivity index (χ1n) is 21.7. The largest absolute Gasteiger partial charge is 0.453 e. The lowest BCUT2D eigenvalue weighted by Gasteiger charge is -2.23. The van der Waals surface area contributed by atoms with Gasteiger partial charge in [-0.15, -0.1) is 0 Å². The van der Waals surface area contributed by atoms with Gasteiger partial charge in [0.25, 0.3) is 27.8 Å². The van der Waals surface area contributed by atoms with Gasteiger partial charge in [0.15, 0.2) is 16.2 Å². The number of Topliss-reactive ketones (excluding diaryl/α,β-unsaturated/α-hetero) is 1. The van der Waals surface area contributed by atoms with Crippen LogP contribution >= 0.6 is 0 Å². The number of nitrogens with zero attached hydrogens (tertiary/aromatic N) is 1. The predicted molar refractivity (Wildman–Crippen MR) is 253 cm³/mol. The van der Waals surface area contributed by atoms with Crippen LogP contribution in [0, 0.1) is 5.92 Å². The summed E-state index contributed by atoms with van der Waals surface area (Å²) in [6, 6.07) is 9.07. The van der Waals surface area contributed by atoms with Crippen LogP contribution in [0.1, 0.15) is 41.0 Å². The van der Waals surface area contributed by atoms with Crippen LogP contribution < -0.4 is 27.1 Å². The van der Waals surface area contributed by atoms with Gasteiger partial charge in [0.2, 0.25) is 10.3 Å². The number of fused-ring (bicyclic) bond motifs is 2. The molecule has 2 aliphatic carbocycles. The second-order valence-corrected chi connectivity index (χ2v) is 18.4. The van der Waals surface area contributed by atoms with Gasteiger partial charge >= 0.3 is 10.1 Å². The maximum Gasteiger partial charge on any atom is 0.304 e. The van der Waals surface area contributed by atoms with E-state index in [1.807, 2.05) is 32.1 Å². The summed E-state index contributed by atoms with van der Waals surface area (Å²) in [4.78, 5) is 51.8.